The summed E-state index contributed by atoms with van der Waals surface area (Å²) in [6, 6.07) is 3.32. The molecule has 0 saturated carbocycles. The summed E-state index contributed by atoms with van der Waals surface area (Å²) in [6.45, 7) is 2.02. The Kier molecular flexibility index (Phi) is 3.34. The van der Waals surface area contributed by atoms with Crippen molar-refractivity contribution in [2.75, 3.05) is 19.5 Å². The van der Waals surface area contributed by atoms with Gasteiger partial charge in [0.1, 0.15) is 17.1 Å². The molecule has 1 aromatic heterocycles. The average Bonchev–Trinajstić information content (AvgIpc) is 2.63. The molecule has 96 valence electrons. The predicted octanol–water partition coefficient (Wildman–Crippen LogP) is 2.59. The van der Waals surface area contributed by atoms with Gasteiger partial charge in [-0.25, -0.2) is 4.79 Å². The van der Waals surface area contributed by atoms with Gasteiger partial charge in [0, 0.05) is 11.5 Å². The molecule has 0 unspecified atom stereocenters. The SMILES string of the molecule is CCOC(=O)c1c(N)[nH]c2cc(OC)c(Cl)cc12. The molecule has 0 amide bonds. The molecule has 2 rings (SSSR count). The van der Waals surface area contributed by atoms with Crippen LogP contribution in [-0.4, -0.2) is 24.7 Å². The number of nitrogen functional groups attached to an aromatic ring is 1. The van der Waals surface area contributed by atoms with Crippen LogP contribution in [0.25, 0.3) is 10.9 Å². The van der Waals surface area contributed by atoms with Crippen molar-refractivity contribution in [1.29, 1.82) is 0 Å². The fourth-order valence-corrected chi connectivity index (χ4v) is 2.04. The number of rotatable bonds is 3. The van der Waals surface area contributed by atoms with E-state index >= 15 is 0 Å². The number of fused-ring (bicyclic) bond motifs is 1. The monoisotopic (exact) mass is 268 g/mol. The number of aromatic nitrogens is 1. The van der Waals surface area contributed by atoms with E-state index in [9.17, 15) is 4.79 Å². The summed E-state index contributed by atoms with van der Waals surface area (Å²) in [6.07, 6.45) is 0. The van der Waals surface area contributed by atoms with Crippen LogP contribution in [-0.2, 0) is 4.74 Å². The van der Waals surface area contributed by atoms with Gasteiger partial charge in [-0.1, -0.05) is 11.6 Å². The zero-order valence-electron chi connectivity index (χ0n) is 10.0. The summed E-state index contributed by atoms with van der Waals surface area (Å²) < 4.78 is 10.1. The van der Waals surface area contributed by atoms with Crippen LogP contribution in [0.15, 0.2) is 12.1 Å². The van der Waals surface area contributed by atoms with E-state index in [2.05, 4.69) is 4.98 Å². The lowest BCUT2D eigenvalue weighted by Gasteiger charge is -2.04. The van der Waals surface area contributed by atoms with Gasteiger partial charge < -0.3 is 20.2 Å². The average molecular weight is 269 g/mol. The first-order valence-electron chi connectivity index (χ1n) is 5.40. The molecule has 0 saturated heterocycles. The normalized spacial score (nSPS) is 10.6. The molecule has 1 aromatic carbocycles. The Morgan fingerprint density at radius 1 is 1.50 bits per heavy atom. The molecule has 5 nitrogen and oxygen atoms in total. The second-order valence-corrected chi connectivity index (χ2v) is 4.07. The lowest BCUT2D eigenvalue weighted by atomic mass is 10.1. The van der Waals surface area contributed by atoms with E-state index in [0.29, 0.717) is 27.2 Å². The van der Waals surface area contributed by atoms with Crippen LogP contribution in [0.4, 0.5) is 5.82 Å². The number of ether oxygens (including phenoxy) is 2. The van der Waals surface area contributed by atoms with E-state index in [-0.39, 0.29) is 12.4 Å². The Labute approximate surface area is 109 Å². The minimum atomic E-state index is -0.470. The van der Waals surface area contributed by atoms with E-state index in [4.69, 9.17) is 26.8 Å². The van der Waals surface area contributed by atoms with E-state index in [1.807, 2.05) is 0 Å². The highest BCUT2D eigenvalue weighted by molar-refractivity contribution is 6.33. The highest BCUT2D eigenvalue weighted by Gasteiger charge is 2.19. The number of nitrogens with two attached hydrogens (primary N) is 1. The van der Waals surface area contributed by atoms with Crippen LogP contribution in [0.3, 0.4) is 0 Å². The van der Waals surface area contributed by atoms with Crippen molar-refractivity contribution >= 4 is 34.3 Å². The number of esters is 1. The van der Waals surface area contributed by atoms with E-state index in [0.717, 1.165) is 0 Å². The maximum absolute atomic E-state index is 11.8. The molecule has 3 N–H and O–H groups in total. The number of anilines is 1. The number of aromatic amines is 1. The number of H-pyrrole nitrogens is 1. The van der Waals surface area contributed by atoms with Crippen LogP contribution in [0.1, 0.15) is 17.3 Å². The van der Waals surface area contributed by atoms with Crippen molar-refractivity contribution < 1.29 is 14.3 Å². The van der Waals surface area contributed by atoms with E-state index in [1.165, 1.54) is 7.11 Å². The highest BCUT2D eigenvalue weighted by Crippen LogP contribution is 2.33. The number of hydrogen-bond donors (Lipinski definition) is 2. The van der Waals surface area contributed by atoms with Crippen LogP contribution in [0.2, 0.25) is 5.02 Å². The highest BCUT2D eigenvalue weighted by atomic mass is 35.5. The minimum Gasteiger partial charge on any atom is -0.495 e. The minimum absolute atomic E-state index is 0.257. The molecule has 0 radical (unpaired) electrons. The number of benzene rings is 1. The number of hydrogen-bond acceptors (Lipinski definition) is 4. The van der Waals surface area contributed by atoms with Crippen molar-refractivity contribution in [3.8, 4) is 5.75 Å². The fourth-order valence-electron chi connectivity index (χ4n) is 1.80. The number of nitrogens with one attached hydrogen (secondary N) is 1. The Morgan fingerprint density at radius 3 is 2.83 bits per heavy atom. The van der Waals surface area contributed by atoms with Crippen molar-refractivity contribution in [2.45, 2.75) is 6.92 Å². The summed E-state index contributed by atoms with van der Waals surface area (Å²) in [5, 5.41) is 1.03. The summed E-state index contributed by atoms with van der Waals surface area (Å²) >= 11 is 6.03. The first kappa shape index (κ1) is 12.6. The Balaban J connectivity index is 2.64. The van der Waals surface area contributed by atoms with E-state index < -0.39 is 5.97 Å². The smallest absolute Gasteiger partial charge is 0.342 e. The van der Waals surface area contributed by atoms with Crippen molar-refractivity contribution in [3.05, 3.63) is 22.7 Å². The summed E-state index contributed by atoms with van der Waals surface area (Å²) in [5.74, 6) is 0.302. The topological polar surface area (TPSA) is 77.3 Å². The fraction of sp³-hybridized carbons (Fsp3) is 0.250. The molecule has 18 heavy (non-hydrogen) atoms. The van der Waals surface area contributed by atoms with Gasteiger partial charge in [-0.15, -0.1) is 0 Å². The lowest BCUT2D eigenvalue weighted by molar-refractivity contribution is 0.0530. The Morgan fingerprint density at radius 2 is 2.22 bits per heavy atom. The van der Waals surface area contributed by atoms with Gasteiger partial charge in [0.15, 0.2) is 0 Å². The summed E-state index contributed by atoms with van der Waals surface area (Å²) in [4.78, 5) is 14.7. The zero-order chi connectivity index (χ0) is 13.3. The molecule has 0 fully saturated rings. The van der Waals surface area contributed by atoms with Crippen molar-refractivity contribution in [3.63, 3.8) is 0 Å². The second-order valence-electron chi connectivity index (χ2n) is 3.67. The zero-order valence-corrected chi connectivity index (χ0v) is 10.8. The van der Waals surface area contributed by atoms with E-state index in [1.54, 1.807) is 19.1 Å². The summed E-state index contributed by atoms with van der Waals surface area (Å²) in [5.41, 5.74) is 6.77. The van der Waals surface area contributed by atoms with Crippen LogP contribution >= 0.6 is 11.6 Å². The lowest BCUT2D eigenvalue weighted by Crippen LogP contribution is -2.06. The van der Waals surface area contributed by atoms with Gasteiger partial charge >= 0.3 is 5.97 Å². The van der Waals surface area contributed by atoms with Gasteiger partial charge in [-0.2, -0.15) is 0 Å². The maximum atomic E-state index is 11.8. The number of carbonyl (C=O) groups is 1. The molecule has 0 aliphatic carbocycles. The van der Waals surface area contributed by atoms with Gasteiger partial charge in [0.25, 0.3) is 0 Å². The second kappa shape index (κ2) is 4.78. The third kappa shape index (κ3) is 1.97. The molecule has 2 aromatic rings. The molecule has 0 aliphatic rings. The van der Waals surface area contributed by atoms with Gasteiger partial charge in [-0.3, -0.25) is 0 Å². The predicted molar refractivity (Wildman–Crippen MR) is 70.2 cm³/mol. The van der Waals surface area contributed by atoms with Crippen molar-refractivity contribution in [2.24, 2.45) is 0 Å². The number of methoxy groups -OCH3 is 1. The molecule has 6 heteroatoms. The molecular weight excluding hydrogens is 256 g/mol. The third-order valence-electron chi connectivity index (χ3n) is 2.58. The molecular formula is C12H13ClN2O3. The molecule has 0 atom stereocenters. The Hall–Kier alpha value is -1.88. The third-order valence-corrected chi connectivity index (χ3v) is 2.87. The number of halogens is 1. The first-order valence-corrected chi connectivity index (χ1v) is 5.78. The van der Waals surface area contributed by atoms with Gasteiger partial charge in [-0.05, 0) is 13.0 Å². The maximum Gasteiger partial charge on any atom is 0.342 e. The molecule has 0 bridgehead atoms. The summed E-state index contributed by atoms with van der Waals surface area (Å²) in [7, 11) is 1.52. The van der Waals surface area contributed by atoms with Crippen LogP contribution in [0, 0.1) is 0 Å². The quantitative estimate of drug-likeness (QED) is 0.839. The molecule has 0 spiro atoms. The van der Waals surface area contributed by atoms with Crippen molar-refractivity contribution in [1.82, 2.24) is 4.98 Å². The van der Waals surface area contributed by atoms with Crippen LogP contribution in [0.5, 0.6) is 5.75 Å². The van der Waals surface area contributed by atoms with Crippen LogP contribution < -0.4 is 10.5 Å². The molecule has 0 aliphatic heterocycles. The first-order chi connectivity index (χ1) is 8.58. The largest absolute Gasteiger partial charge is 0.495 e. The standard InChI is InChI=1S/C12H13ClN2O3/c1-3-18-12(16)10-6-4-7(13)9(17-2)5-8(6)15-11(10)14/h4-5,15H,3,14H2,1-2H3. The van der Waals surface area contributed by atoms with Gasteiger partial charge in [0.05, 0.1) is 24.3 Å². The molecule has 1 heterocycles. The number of carbonyl (C=O) groups excluding carboxylic acids is 1. The Bertz CT molecular complexity index is 607. The van der Waals surface area contributed by atoms with Gasteiger partial charge in [0.2, 0.25) is 0 Å².